The van der Waals surface area contributed by atoms with Gasteiger partial charge in [0.05, 0.1) is 12.1 Å². The van der Waals surface area contributed by atoms with Crippen molar-refractivity contribution in [1.82, 2.24) is 4.98 Å². The quantitative estimate of drug-likeness (QED) is 0.820. The third-order valence-corrected chi connectivity index (χ3v) is 1.88. The van der Waals surface area contributed by atoms with Crippen LogP contribution in [0.5, 0.6) is 5.75 Å². The number of rotatable bonds is 4. The number of carbonyl (C=O) groups excluding carboxylic acids is 1. The lowest BCUT2D eigenvalue weighted by Crippen LogP contribution is -2.20. The van der Waals surface area contributed by atoms with E-state index in [2.05, 4.69) is 9.72 Å². The van der Waals surface area contributed by atoms with Gasteiger partial charge in [0.25, 0.3) is 0 Å². The van der Waals surface area contributed by atoms with Crippen LogP contribution >= 0.6 is 0 Å². The molecule has 0 aliphatic carbocycles. The first-order valence-corrected chi connectivity index (χ1v) is 4.93. The first-order valence-electron chi connectivity index (χ1n) is 4.93. The number of ketones is 1. The molecule has 3 nitrogen and oxygen atoms in total. The highest BCUT2D eigenvalue weighted by atomic mass is 19.4. The van der Waals surface area contributed by atoms with Gasteiger partial charge in [0.2, 0.25) is 0 Å². The van der Waals surface area contributed by atoms with Crippen LogP contribution in [-0.2, 0) is 11.2 Å². The van der Waals surface area contributed by atoms with Crippen LogP contribution in [0.15, 0.2) is 12.1 Å². The van der Waals surface area contributed by atoms with E-state index in [1.54, 1.807) is 6.92 Å². The number of aromatic nitrogens is 1. The molecule has 0 atom stereocenters. The highest BCUT2D eigenvalue weighted by Crippen LogP contribution is 2.22. The topological polar surface area (TPSA) is 39.2 Å². The van der Waals surface area contributed by atoms with Gasteiger partial charge in [0.15, 0.2) is 6.61 Å². The van der Waals surface area contributed by atoms with Gasteiger partial charge in [-0.05, 0) is 26.0 Å². The highest BCUT2D eigenvalue weighted by Gasteiger charge is 2.29. The van der Waals surface area contributed by atoms with Gasteiger partial charge in [-0.15, -0.1) is 0 Å². The highest BCUT2D eigenvalue weighted by molar-refractivity contribution is 5.78. The second kappa shape index (κ2) is 5.16. The van der Waals surface area contributed by atoms with Crippen molar-refractivity contribution in [3.05, 3.63) is 23.5 Å². The number of carbonyl (C=O) groups is 1. The molecule has 0 amide bonds. The molecule has 94 valence electrons. The first-order chi connectivity index (χ1) is 7.78. The van der Waals surface area contributed by atoms with Gasteiger partial charge >= 0.3 is 6.18 Å². The zero-order valence-electron chi connectivity index (χ0n) is 9.47. The summed E-state index contributed by atoms with van der Waals surface area (Å²) in [6.45, 7) is 1.65. The summed E-state index contributed by atoms with van der Waals surface area (Å²) in [5, 5.41) is 0. The van der Waals surface area contributed by atoms with E-state index in [0.29, 0.717) is 5.69 Å². The van der Waals surface area contributed by atoms with E-state index in [0.717, 1.165) is 0 Å². The molecule has 0 spiro atoms. The number of hydrogen-bond acceptors (Lipinski definition) is 3. The Morgan fingerprint density at radius 2 is 2.06 bits per heavy atom. The number of hydrogen-bond donors (Lipinski definition) is 0. The summed E-state index contributed by atoms with van der Waals surface area (Å²) in [6, 6.07) is 2.93. The lowest BCUT2D eigenvalue weighted by molar-refractivity contribution is -0.153. The van der Waals surface area contributed by atoms with E-state index in [1.807, 2.05) is 0 Å². The summed E-state index contributed by atoms with van der Waals surface area (Å²) < 4.78 is 40.6. The fourth-order valence-corrected chi connectivity index (χ4v) is 1.25. The molecule has 0 N–H and O–H groups in total. The van der Waals surface area contributed by atoms with E-state index in [1.165, 1.54) is 19.1 Å². The fourth-order valence-electron chi connectivity index (χ4n) is 1.25. The lowest BCUT2D eigenvalue weighted by Gasteiger charge is -2.12. The predicted molar refractivity (Wildman–Crippen MR) is 54.9 cm³/mol. The van der Waals surface area contributed by atoms with E-state index < -0.39 is 12.8 Å². The van der Waals surface area contributed by atoms with E-state index in [-0.39, 0.29) is 23.6 Å². The van der Waals surface area contributed by atoms with Crippen LogP contribution in [0.4, 0.5) is 13.2 Å². The van der Waals surface area contributed by atoms with Crippen LogP contribution in [-0.4, -0.2) is 23.6 Å². The van der Waals surface area contributed by atoms with E-state index >= 15 is 0 Å². The number of ether oxygens (including phenoxy) is 1. The molecule has 0 bridgehead atoms. The van der Waals surface area contributed by atoms with Crippen molar-refractivity contribution in [2.75, 3.05) is 6.61 Å². The Morgan fingerprint density at radius 1 is 1.41 bits per heavy atom. The van der Waals surface area contributed by atoms with E-state index in [9.17, 15) is 18.0 Å². The Morgan fingerprint density at radius 3 is 2.59 bits per heavy atom. The number of alkyl halides is 3. The molecular weight excluding hydrogens is 235 g/mol. The van der Waals surface area contributed by atoms with Crippen molar-refractivity contribution in [2.24, 2.45) is 0 Å². The summed E-state index contributed by atoms with van der Waals surface area (Å²) in [5.74, 6) is -0.178. The van der Waals surface area contributed by atoms with Crippen LogP contribution in [0, 0.1) is 6.92 Å². The summed E-state index contributed by atoms with van der Waals surface area (Å²) in [5.41, 5.74) is 0.863. The summed E-state index contributed by atoms with van der Waals surface area (Å²) in [6.07, 6.45) is -4.44. The standard InChI is InChI=1S/C11H12F3NO2/c1-7-3-4-10(17-6-11(12,13)14)9(15-7)5-8(2)16/h3-4H,5-6H2,1-2H3. The van der Waals surface area contributed by atoms with E-state index in [4.69, 9.17) is 0 Å². The molecule has 0 aliphatic rings. The third kappa shape index (κ3) is 4.84. The minimum atomic E-state index is -4.40. The summed E-state index contributed by atoms with van der Waals surface area (Å²) in [4.78, 5) is 15.0. The minimum absolute atomic E-state index is 0.00289. The molecule has 17 heavy (non-hydrogen) atoms. The largest absolute Gasteiger partial charge is 0.482 e. The molecular formula is C11H12F3NO2. The van der Waals surface area contributed by atoms with Crippen molar-refractivity contribution >= 4 is 5.78 Å². The van der Waals surface area contributed by atoms with Crippen molar-refractivity contribution in [3.63, 3.8) is 0 Å². The van der Waals surface area contributed by atoms with Crippen molar-refractivity contribution in [3.8, 4) is 5.75 Å². The Bertz CT molecular complexity index is 416. The number of pyridine rings is 1. The molecule has 1 rings (SSSR count). The summed E-state index contributed by atoms with van der Waals surface area (Å²) in [7, 11) is 0. The SMILES string of the molecule is CC(=O)Cc1nc(C)ccc1OCC(F)(F)F. The van der Waals surface area contributed by atoms with Crippen LogP contribution in [0.2, 0.25) is 0 Å². The van der Waals surface area contributed by atoms with Crippen molar-refractivity contribution < 1.29 is 22.7 Å². The minimum Gasteiger partial charge on any atom is -0.482 e. The first kappa shape index (κ1) is 13.5. The van der Waals surface area contributed by atoms with Gasteiger partial charge in [0, 0.05) is 5.69 Å². The normalized spacial score (nSPS) is 11.4. The van der Waals surface area contributed by atoms with Crippen LogP contribution in [0.25, 0.3) is 0 Å². The molecule has 1 aromatic heterocycles. The average molecular weight is 247 g/mol. The molecule has 0 saturated carbocycles. The molecule has 0 fully saturated rings. The second-order valence-corrected chi connectivity index (χ2v) is 3.68. The Balaban J connectivity index is 2.86. The van der Waals surface area contributed by atoms with Gasteiger partial charge < -0.3 is 4.74 Å². The van der Waals surface area contributed by atoms with Crippen LogP contribution < -0.4 is 4.74 Å². The number of halogens is 3. The fraction of sp³-hybridized carbons (Fsp3) is 0.455. The maximum Gasteiger partial charge on any atom is 0.422 e. The zero-order chi connectivity index (χ0) is 13.1. The van der Waals surface area contributed by atoms with Gasteiger partial charge in [0.1, 0.15) is 11.5 Å². The number of Topliss-reactive ketones (excluding diaryl/α,β-unsaturated/α-hetero) is 1. The van der Waals surface area contributed by atoms with Crippen LogP contribution in [0.3, 0.4) is 0 Å². The second-order valence-electron chi connectivity index (χ2n) is 3.68. The molecule has 0 unspecified atom stereocenters. The van der Waals surface area contributed by atoms with Gasteiger partial charge in [-0.1, -0.05) is 0 Å². The third-order valence-electron chi connectivity index (χ3n) is 1.88. The average Bonchev–Trinajstić information content (AvgIpc) is 2.14. The predicted octanol–water partition coefficient (Wildman–Crippen LogP) is 2.46. The maximum absolute atomic E-state index is 12.0. The van der Waals surface area contributed by atoms with Crippen LogP contribution in [0.1, 0.15) is 18.3 Å². The molecule has 0 saturated heterocycles. The smallest absolute Gasteiger partial charge is 0.422 e. The molecule has 0 radical (unpaired) electrons. The Labute approximate surface area is 96.6 Å². The monoisotopic (exact) mass is 247 g/mol. The number of aryl methyl sites for hydroxylation is 1. The van der Waals surface area contributed by atoms with Gasteiger partial charge in [-0.25, -0.2) is 0 Å². The van der Waals surface area contributed by atoms with Crippen molar-refractivity contribution in [1.29, 1.82) is 0 Å². The molecule has 1 aromatic rings. The number of nitrogens with zero attached hydrogens (tertiary/aromatic N) is 1. The lowest BCUT2D eigenvalue weighted by atomic mass is 10.2. The van der Waals surface area contributed by atoms with Gasteiger partial charge in [-0.2, -0.15) is 13.2 Å². The molecule has 0 aliphatic heterocycles. The molecule has 6 heteroatoms. The Hall–Kier alpha value is -1.59. The summed E-state index contributed by atoms with van der Waals surface area (Å²) >= 11 is 0. The molecule has 1 heterocycles. The maximum atomic E-state index is 12.0. The van der Waals surface area contributed by atoms with Crippen molar-refractivity contribution in [2.45, 2.75) is 26.4 Å². The van der Waals surface area contributed by atoms with Gasteiger partial charge in [-0.3, -0.25) is 9.78 Å². The zero-order valence-corrected chi connectivity index (χ0v) is 9.47. The Kier molecular flexibility index (Phi) is 4.09. The molecule has 0 aromatic carbocycles.